The average molecular weight is 299 g/mol. The number of para-hydroxylation sites is 1. The van der Waals surface area contributed by atoms with Crippen LogP contribution in [-0.2, 0) is 11.3 Å². The van der Waals surface area contributed by atoms with Gasteiger partial charge in [0, 0.05) is 18.7 Å². The fraction of sp³-hybridized carbons (Fsp3) is 0.533. The summed E-state index contributed by atoms with van der Waals surface area (Å²) >= 11 is 6.13. The van der Waals surface area contributed by atoms with E-state index in [9.17, 15) is 4.79 Å². The lowest BCUT2D eigenvalue weighted by Gasteiger charge is -2.13. The molecule has 0 bridgehead atoms. The highest BCUT2D eigenvalue weighted by Crippen LogP contribution is 2.28. The number of benzene rings is 1. The first-order valence-corrected chi connectivity index (χ1v) is 7.44. The SMILES string of the molecule is CCCCNC(=O)COc1c(Cl)cccc1CNCC. The van der Waals surface area contributed by atoms with Crippen LogP contribution in [0, 0.1) is 0 Å². The van der Waals surface area contributed by atoms with Crippen molar-refractivity contribution < 1.29 is 9.53 Å². The molecule has 0 atom stereocenters. The molecular weight excluding hydrogens is 276 g/mol. The number of unbranched alkanes of at least 4 members (excludes halogenated alkanes) is 1. The largest absolute Gasteiger partial charge is 0.482 e. The van der Waals surface area contributed by atoms with E-state index in [1.54, 1.807) is 6.07 Å². The fourth-order valence-electron chi connectivity index (χ4n) is 1.71. The van der Waals surface area contributed by atoms with E-state index in [1.165, 1.54) is 0 Å². The molecule has 0 unspecified atom stereocenters. The second kappa shape index (κ2) is 9.61. The summed E-state index contributed by atoms with van der Waals surface area (Å²) in [5.74, 6) is 0.466. The number of rotatable bonds is 9. The number of hydrogen-bond acceptors (Lipinski definition) is 3. The predicted molar refractivity (Wildman–Crippen MR) is 82.2 cm³/mol. The van der Waals surface area contributed by atoms with Gasteiger partial charge in [0.2, 0.25) is 0 Å². The van der Waals surface area contributed by atoms with Gasteiger partial charge < -0.3 is 15.4 Å². The van der Waals surface area contributed by atoms with Gasteiger partial charge in [0.25, 0.3) is 5.91 Å². The molecule has 0 heterocycles. The van der Waals surface area contributed by atoms with E-state index in [1.807, 2.05) is 19.1 Å². The van der Waals surface area contributed by atoms with E-state index in [0.29, 0.717) is 23.9 Å². The van der Waals surface area contributed by atoms with Crippen LogP contribution in [0.2, 0.25) is 5.02 Å². The average Bonchev–Trinajstić information content (AvgIpc) is 2.44. The van der Waals surface area contributed by atoms with Gasteiger partial charge in [0.05, 0.1) is 5.02 Å². The van der Waals surface area contributed by atoms with Gasteiger partial charge in [-0.15, -0.1) is 0 Å². The molecule has 4 nitrogen and oxygen atoms in total. The van der Waals surface area contributed by atoms with Gasteiger partial charge in [-0.2, -0.15) is 0 Å². The number of nitrogens with one attached hydrogen (secondary N) is 2. The molecule has 1 amide bonds. The number of hydrogen-bond donors (Lipinski definition) is 2. The highest BCUT2D eigenvalue weighted by atomic mass is 35.5. The van der Waals surface area contributed by atoms with Crippen LogP contribution in [-0.4, -0.2) is 25.6 Å². The van der Waals surface area contributed by atoms with E-state index < -0.39 is 0 Å². The van der Waals surface area contributed by atoms with E-state index in [2.05, 4.69) is 17.6 Å². The van der Waals surface area contributed by atoms with Gasteiger partial charge in [-0.05, 0) is 19.0 Å². The molecule has 0 saturated heterocycles. The van der Waals surface area contributed by atoms with Crippen LogP contribution in [0.25, 0.3) is 0 Å². The number of amides is 1. The van der Waals surface area contributed by atoms with Crippen LogP contribution in [0.1, 0.15) is 32.3 Å². The van der Waals surface area contributed by atoms with Gasteiger partial charge in [-0.3, -0.25) is 4.79 Å². The van der Waals surface area contributed by atoms with Crippen molar-refractivity contribution in [1.29, 1.82) is 0 Å². The van der Waals surface area contributed by atoms with Gasteiger partial charge in [-0.25, -0.2) is 0 Å². The molecule has 1 aromatic rings. The Morgan fingerprint density at radius 3 is 2.85 bits per heavy atom. The molecule has 0 aliphatic carbocycles. The predicted octanol–water partition coefficient (Wildman–Crippen LogP) is 2.74. The Bertz CT molecular complexity index is 424. The zero-order valence-electron chi connectivity index (χ0n) is 12.2. The summed E-state index contributed by atoms with van der Waals surface area (Å²) in [6.07, 6.45) is 2.03. The number of carbonyl (C=O) groups is 1. The standard InChI is InChI=1S/C15H23ClN2O2/c1-3-5-9-18-14(19)11-20-15-12(10-17-4-2)7-6-8-13(15)16/h6-8,17H,3-5,9-11H2,1-2H3,(H,18,19). The summed E-state index contributed by atoms with van der Waals surface area (Å²) in [6.45, 7) is 6.33. The van der Waals surface area contributed by atoms with Crippen molar-refractivity contribution in [3.8, 4) is 5.75 Å². The summed E-state index contributed by atoms with van der Waals surface area (Å²) in [6, 6.07) is 5.59. The summed E-state index contributed by atoms with van der Waals surface area (Å²) in [5.41, 5.74) is 0.959. The first-order chi connectivity index (χ1) is 9.69. The van der Waals surface area contributed by atoms with Crippen molar-refractivity contribution in [2.24, 2.45) is 0 Å². The zero-order chi connectivity index (χ0) is 14.8. The maximum atomic E-state index is 11.6. The zero-order valence-corrected chi connectivity index (χ0v) is 12.9. The van der Waals surface area contributed by atoms with Crippen molar-refractivity contribution >= 4 is 17.5 Å². The monoisotopic (exact) mass is 298 g/mol. The molecule has 0 aromatic heterocycles. The Kier molecular flexibility index (Phi) is 8.07. The molecular formula is C15H23ClN2O2. The van der Waals surface area contributed by atoms with Gasteiger partial charge in [0.15, 0.2) is 6.61 Å². The van der Waals surface area contributed by atoms with Crippen molar-refractivity contribution in [2.75, 3.05) is 19.7 Å². The Morgan fingerprint density at radius 2 is 2.15 bits per heavy atom. The highest BCUT2D eigenvalue weighted by Gasteiger charge is 2.10. The number of halogens is 1. The van der Waals surface area contributed by atoms with Crippen molar-refractivity contribution in [1.82, 2.24) is 10.6 Å². The first kappa shape index (κ1) is 16.8. The second-order valence-corrected chi connectivity index (χ2v) is 4.91. The van der Waals surface area contributed by atoms with Crippen LogP contribution in [0.15, 0.2) is 18.2 Å². The second-order valence-electron chi connectivity index (χ2n) is 4.50. The van der Waals surface area contributed by atoms with Crippen LogP contribution >= 0.6 is 11.6 Å². The molecule has 0 spiro atoms. The molecule has 5 heteroatoms. The number of ether oxygens (including phenoxy) is 1. The normalized spacial score (nSPS) is 10.3. The minimum Gasteiger partial charge on any atom is -0.482 e. The van der Waals surface area contributed by atoms with Crippen LogP contribution in [0.5, 0.6) is 5.75 Å². The lowest BCUT2D eigenvalue weighted by molar-refractivity contribution is -0.123. The van der Waals surface area contributed by atoms with Crippen LogP contribution in [0.4, 0.5) is 0 Å². The molecule has 20 heavy (non-hydrogen) atoms. The molecule has 112 valence electrons. The van der Waals surface area contributed by atoms with Crippen molar-refractivity contribution in [3.05, 3.63) is 28.8 Å². The third-order valence-electron chi connectivity index (χ3n) is 2.81. The van der Waals surface area contributed by atoms with Gasteiger partial charge in [0.1, 0.15) is 5.75 Å². The van der Waals surface area contributed by atoms with Gasteiger partial charge in [-0.1, -0.05) is 44.0 Å². The Labute approximate surface area is 125 Å². The van der Waals surface area contributed by atoms with Gasteiger partial charge >= 0.3 is 0 Å². The molecule has 0 fully saturated rings. The maximum Gasteiger partial charge on any atom is 0.257 e. The summed E-state index contributed by atoms with van der Waals surface area (Å²) < 4.78 is 5.57. The molecule has 1 aromatic carbocycles. The van der Waals surface area contributed by atoms with E-state index >= 15 is 0 Å². The lowest BCUT2D eigenvalue weighted by Crippen LogP contribution is -2.29. The molecule has 2 N–H and O–H groups in total. The fourth-order valence-corrected chi connectivity index (χ4v) is 1.96. The minimum absolute atomic E-state index is 0.00737. The smallest absolute Gasteiger partial charge is 0.257 e. The van der Waals surface area contributed by atoms with E-state index in [-0.39, 0.29) is 12.5 Å². The van der Waals surface area contributed by atoms with E-state index in [4.69, 9.17) is 16.3 Å². The van der Waals surface area contributed by atoms with Crippen molar-refractivity contribution in [2.45, 2.75) is 33.2 Å². The van der Waals surface area contributed by atoms with Crippen molar-refractivity contribution in [3.63, 3.8) is 0 Å². The third-order valence-corrected chi connectivity index (χ3v) is 3.11. The topological polar surface area (TPSA) is 50.4 Å². The molecule has 0 radical (unpaired) electrons. The maximum absolute atomic E-state index is 11.6. The minimum atomic E-state index is -0.118. The Hall–Kier alpha value is -1.26. The summed E-state index contributed by atoms with van der Waals surface area (Å²) in [5, 5.41) is 6.57. The number of carbonyl (C=O) groups excluding carboxylic acids is 1. The Morgan fingerprint density at radius 1 is 1.35 bits per heavy atom. The third kappa shape index (κ3) is 5.80. The van der Waals surface area contributed by atoms with E-state index in [0.717, 1.165) is 24.9 Å². The van der Waals surface area contributed by atoms with Crippen LogP contribution in [0.3, 0.4) is 0 Å². The summed E-state index contributed by atoms with van der Waals surface area (Å²) in [7, 11) is 0. The molecule has 0 aliphatic rings. The molecule has 0 aliphatic heterocycles. The highest BCUT2D eigenvalue weighted by molar-refractivity contribution is 6.32. The van der Waals surface area contributed by atoms with Crippen LogP contribution < -0.4 is 15.4 Å². The quantitative estimate of drug-likeness (QED) is 0.689. The summed E-state index contributed by atoms with van der Waals surface area (Å²) in [4.78, 5) is 11.6. The molecule has 0 saturated carbocycles. The Balaban J connectivity index is 2.55. The first-order valence-electron chi connectivity index (χ1n) is 7.06. The lowest BCUT2D eigenvalue weighted by atomic mass is 10.2. The molecule has 1 rings (SSSR count).